The maximum Gasteiger partial charge on any atom is 0.0637 e. The number of methoxy groups -OCH3 is 1. The number of nitrogens with one attached hydrogen (secondary N) is 1. The smallest absolute Gasteiger partial charge is 0.0637 e. The Kier molecular flexibility index (Phi) is 5.17. The van der Waals surface area contributed by atoms with Crippen LogP contribution < -0.4 is 5.32 Å². The van der Waals surface area contributed by atoms with Crippen LogP contribution in [0.4, 0.5) is 0 Å². The van der Waals surface area contributed by atoms with Crippen molar-refractivity contribution in [2.75, 3.05) is 13.7 Å². The Labute approximate surface area is 123 Å². The molecule has 0 aliphatic heterocycles. The molecule has 0 radical (unpaired) electrons. The molecule has 1 aromatic rings. The zero-order valence-electron chi connectivity index (χ0n) is 13.3. The van der Waals surface area contributed by atoms with E-state index in [2.05, 4.69) is 43.2 Å². The summed E-state index contributed by atoms with van der Waals surface area (Å²) < 4.78 is 5.64. The predicted octanol–water partition coefficient (Wildman–Crippen LogP) is 3.29. The minimum absolute atomic E-state index is 0.0943. The fourth-order valence-corrected chi connectivity index (χ4v) is 3.13. The summed E-state index contributed by atoms with van der Waals surface area (Å²) >= 11 is 0. The van der Waals surface area contributed by atoms with E-state index in [0.29, 0.717) is 12.0 Å². The number of ether oxygens (including phenoxy) is 1. The minimum Gasteiger partial charge on any atom is -0.379 e. The minimum atomic E-state index is -0.0943. The molecule has 1 aliphatic carbocycles. The summed E-state index contributed by atoms with van der Waals surface area (Å²) in [6.07, 6.45) is 6.46. The zero-order valence-corrected chi connectivity index (χ0v) is 13.3. The summed E-state index contributed by atoms with van der Waals surface area (Å²) in [7, 11) is 1.80. The van der Waals surface area contributed by atoms with E-state index >= 15 is 0 Å². The fourth-order valence-electron chi connectivity index (χ4n) is 3.13. The Morgan fingerprint density at radius 1 is 1.50 bits per heavy atom. The molecule has 0 amide bonds. The van der Waals surface area contributed by atoms with Gasteiger partial charge in [-0.3, -0.25) is 4.98 Å². The number of pyridine rings is 1. The molecule has 2 rings (SSSR count). The molecule has 1 heterocycles. The monoisotopic (exact) mass is 276 g/mol. The Hall–Kier alpha value is -0.930. The molecule has 3 nitrogen and oxygen atoms in total. The van der Waals surface area contributed by atoms with Gasteiger partial charge in [0.15, 0.2) is 0 Å². The molecule has 2 atom stereocenters. The van der Waals surface area contributed by atoms with Crippen molar-refractivity contribution in [1.29, 1.82) is 0 Å². The van der Waals surface area contributed by atoms with Crippen molar-refractivity contribution in [2.45, 2.75) is 64.0 Å². The molecule has 0 fully saturated rings. The van der Waals surface area contributed by atoms with E-state index in [1.54, 1.807) is 7.11 Å². The molecule has 112 valence electrons. The number of fused-ring (bicyclic) bond motifs is 1. The predicted molar refractivity (Wildman–Crippen MR) is 83.1 cm³/mol. The lowest BCUT2D eigenvalue weighted by Gasteiger charge is -2.32. The van der Waals surface area contributed by atoms with E-state index in [-0.39, 0.29) is 5.60 Å². The molecule has 1 aromatic heterocycles. The van der Waals surface area contributed by atoms with E-state index in [9.17, 15) is 0 Å². The number of aryl methyl sites for hydroxylation is 1. The van der Waals surface area contributed by atoms with Crippen LogP contribution in [0, 0.1) is 0 Å². The Morgan fingerprint density at radius 2 is 2.30 bits per heavy atom. The highest BCUT2D eigenvalue weighted by Gasteiger charge is 2.34. The number of aromatic nitrogens is 1. The van der Waals surface area contributed by atoms with Crippen LogP contribution in [0.1, 0.15) is 57.2 Å². The summed E-state index contributed by atoms with van der Waals surface area (Å²) in [6, 6.07) is 4.72. The average Bonchev–Trinajstić information content (AvgIpc) is 2.87. The first-order chi connectivity index (χ1) is 9.57. The van der Waals surface area contributed by atoms with E-state index in [0.717, 1.165) is 25.8 Å². The maximum absolute atomic E-state index is 5.64. The molecule has 20 heavy (non-hydrogen) atoms. The third kappa shape index (κ3) is 3.58. The lowest BCUT2D eigenvalue weighted by Crippen LogP contribution is -2.41. The van der Waals surface area contributed by atoms with Gasteiger partial charge in [0.25, 0.3) is 0 Å². The van der Waals surface area contributed by atoms with E-state index in [4.69, 9.17) is 4.74 Å². The number of hydrogen-bond donors (Lipinski definition) is 1. The van der Waals surface area contributed by atoms with Gasteiger partial charge in [0.1, 0.15) is 0 Å². The molecule has 3 heteroatoms. The SMILES string of the molecule is CCCNC(CC(C)(C)OC)C1CCc2cccnc21. The van der Waals surface area contributed by atoms with Gasteiger partial charge in [0, 0.05) is 31.0 Å². The Morgan fingerprint density at radius 3 is 3.00 bits per heavy atom. The molecule has 2 unspecified atom stereocenters. The number of nitrogens with zero attached hydrogens (tertiary/aromatic N) is 1. The van der Waals surface area contributed by atoms with Crippen LogP contribution in [0.25, 0.3) is 0 Å². The van der Waals surface area contributed by atoms with Gasteiger partial charge in [-0.05, 0) is 57.7 Å². The molecule has 0 spiro atoms. The summed E-state index contributed by atoms with van der Waals surface area (Å²) in [5.41, 5.74) is 2.63. The first-order valence-corrected chi connectivity index (χ1v) is 7.79. The van der Waals surface area contributed by atoms with Gasteiger partial charge in [-0.1, -0.05) is 13.0 Å². The standard InChI is InChI=1S/C17H28N2O/c1-5-10-18-15(12-17(2,3)20-4)14-9-8-13-7-6-11-19-16(13)14/h6-7,11,14-15,18H,5,8-10,12H2,1-4H3. The average molecular weight is 276 g/mol. The van der Waals surface area contributed by atoms with E-state index < -0.39 is 0 Å². The van der Waals surface area contributed by atoms with Crippen molar-refractivity contribution in [3.8, 4) is 0 Å². The van der Waals surface area contributed by atoms with Gasteiger partial charge >= 0.3 is 0 Å². The molecule has 0 aromatic carbocycles. The Balaban J connectivity index is 2.15. The van der Waals surface area contributed by atoms with Crippen molar-refractivity contribution in [1.82, 2.24) is 10.3 Å². The highest BCUT2D eigenvalue weighted by Crippen LogP contribution is 2.36. The van der Waals surface area contributed by atoms with Crippen molar-refractivity contribution >= 4 is 0 Å². The highest BCUT2D eigenvalue weighted by molar-refractivity contribution is 5.30. The second-order valence-corrected chi connectivity index (χ2v) is 6.42. The van der Waals surface area contributed by atoms with Gasteiger partial charge in [0.2, 0.25) is 0 Å². The van der Waals surface area contributed by atoms with E-state index in [1.165, 1.54) is 17.7 Å². The third-order valence-electron chi connectivity index (χ3n) is 4.41. The second-order valence-electron chi connectivity index (χ2n) is 6.42. The molecular weight excluding hydrogens is 248 g/mol. The van der Waals surface area contributed by atoms with Crippen LogP contribution in [-0.4, -0.2) is 30.3 Å². The molecule has 0 saturated heterocycles. The van der Waals surface area contributed by atoms with Crippen molar-refractivity contribution in [3.63, 3.8) is 0 Å². The quantitative estimate of drug-likeness (QED) is 0.829. The van der Waals surface area contributed by atoms with Crippen LogP contribution >= 0.6 is 0 Å². The zero-order chi connectivity index (χ0) is 14.6. The number of hydrogen-bond acceptors (Lipinski definition) is 3. The fraction of sp³-hybridized carbons (Fsp3) is 0.706. The first-order valence-electron chi connectivity index (χ1n) is 7.79. The van der Waals surface area contributed by atoms with Gasteiger partial charge in [0.05, 0.1) is 5.60 Å². The van der Waals surface area contributed by atoms with Crippen LogP contribution in [0.3, 0.4) is 0 Å². The van der Waals surface area contributed by atoms with Gasteiger partial charge < -0.3 is 10.1 Å². The highest BCUT2D eigenvalue weighted by atomic mass is 16.5. The summed E-state index contributed by atoms with van der Waals surface area (Å²) in [4.78, 5) is 4.64. The molecule has 1 N–H and O–H groups in total. The van der Waals surface area contributed by atoms with Crippen molar-refractivity contribution in [3.05, 3.63) is 29.6 Å². The molecule has 1 aliphatic rings. The maximum atomic E-state index is 5.64. The summed E-state index contributed by atoms with van der Waals surface area (Å²) in [5, 5.41) is 3.72. The molecule has 0 saturated carbocycles. The van der Waals surface area contributed by atoms with Gasteiger partial charge in [-0.2, -0.15) is 0 Å². The lowest BCUT2D eigenvalue weighted by molar-refractivity contribution is 0.00457. The molecule has 0 bridgehead atoms. The van der Waals surface area contributed by atoms with Crippen LogP contribution in [0.5, 0.6) is 0 Å². The lowest BCUT2D eigenvalue weighted by atomic mass is 9.87. The Bertz CT molecular complexity index is 431. The van der Waals surface area contributed by atoms with Crippen molar-refractivity contribution in [2.24, 2.45) is 0 Å². The second kappa shape index (κ2) is 6.68. The van der Waals surface area contributed by atoms with Gasteiger partial charge in [-0.15, -0.1) is 0 Å². The summed E-state index contributed by atoms with van der Waals surface area (Å²) in [6.45, 7) is 7.61. The van der Waals surface area contributed by atoms with Crippen LogP contribution in [-0.2, 0) is 11.2 Å². The summed E-state index contributed by atoms with van der Waals surface area (Å²) in [5.74, 6) is 0.521. The largest absolute Gasteiger partial charge is 0.379 e. The number of rotatable bonds is 7. The molecular formula is C17H28N2O. The normalized spacial score (nSPS) is 19.9. The van der Waals surface area contributed by atoms with E-state index in [1.807, 2.05) is 6.20 Å². The third-order valence-corrected chi connectivity index (χ3v) is 4.41. The first kappa shape index (κ1) is 15.5. The van der Waals surface area contributed by atoms with Crippen LogP contribution in [0.2, 0.25) is 0 Å². The topological polar surface area (TPSA) is 34.1 Å². The van der Waals surface area contributed by atoms with Crippen LogP contribution in [0.15, 0.2) is 18.3 Å². The van der Waals surface area contributed by atoms with Gasteiger partial charge in [-0.25, -0.2) is 0 Å². The van der Waals surface area contributed by atoms with Crippen molar-refractivity contribution < 1.29 is 4.74 Å².